The van der Waals surface area contributed by atoms with Crippen molar-refractivity contribution in [2.24, 2.45) is 5.84 Å². The zero-order valence-electron chi connectivity index (χ0n) is 13.5. The van der Waals surface area contributed by atoms with Gasteiger partial charge in [-0.3, -0.25) is 16.2 Å². The number of nitrogens with zero attached hydrogens (tertiary/aromatic N) is 1. The first kappa shape index (κ1) is 16.8. The van der Waals surface area contributed by atoms with E-state index in [4.69, 9.17) is 17.4 Å². The molecule has 1 aliphatic rings. The molecule has 1 heterocycles. The molecule has 0 spiro atoms. The number of hydrazine groups is 1. The summed E-state index contributed by atoms with van der Waals surface area (Å²) in [6.07, 6.45) is 5.22. The lowest BCUT2D eigenvalue weighted by atomic mass is 9.86. The van der Waals surface area contributed by atoms with Gasteiger partial charge in [0.05, 0.1) is 6.04 Å². The van der Waals surface area contributed by atoms with Gasteiger partial charge in [0.15, 0.2) is 0 Å². The SMILES string of the molecule is Cc1ccc(C(NN)C(C)(C)N2CCCCCC2)cc1Cl. The van der Waals surface area contributed by atoms with Crippen LogP contribution in [0.5, 0.6) is 0 Å². The Hall–Kier alpha value is -0.610. The summed E-state index contributed by atoms with van der Waals surface area (Å²) in [4.78, 5) is 2.57. The molecule has 3 nitrogen and oxygen atoms in total. The molecule has 0 radical (unpaired) electrons. The van der Waals surface area contributed by atoms with Crippen LogP contribution in [0.25, 0.3) is 0 Å². The van der Waals surface area contributed by atoms with Crippen LogP contribution in [-0.2, 0) is 0 Å². The van der Waals surface area contributed by atoms with E-state index >= 15 is 0 Å². The largest absolute Gasteiger partial charge is 0.296 e. The highest BCUT2D eigenvalue weighted by Crippen LogP contribution is 2.33. The standard InChI is InChI=1S/C17H28ClN3/c1-13-8-9-14(12-15(13)18)16(20-19)17(2,3)21-10-6-4-5-7-11-21/h8-9,12,16,20H,4-7,10-11,19H2,1-3H3. The average molecular weight is 310 g/mol. The van der Waals surface area contributed by atoms with Crippen LogP contribution in [0, 0.1) is 6.92 Å². The second kappa shape index (κ2) is 7.10. The van der Waals surface area contributed by atoms with Crippen molar-refractivity contribution in [1.29, 1.82) is 0 Å². The molecule has 1 fully saturated rings. The molecular weight excluding hydrogens is 282 g/mol. The molecule has 0 aliphatic carbocycles. The molecule has 1 aromatic carbocycles. The molecule has 2 rings (SSSR count). The van der Waals surface area contributed by atoms with Crippen molar-refractivity contribution in [3.8, 4) is 0 Å². The number of aryl methyl sites for hydroxylation is 1. The lowest BCUT2D eigenvalue weighted by Gasteiger charge is -2.44. The maximum Gasteiger partial charge on any atom is 0.0639 e. The quantitative estimate of drug-likeness (QED) is 0.656. The molecular formula is C17H28ClN3. The first-order valence-electron chi connectivity index (χ1n) is 7.94. The normalized spacial score (nSPS) is 19.3. The minimum absolute atomic E-state index is 0.0440. The summed E-state index contributed by atoms with van der Waals surface area (Å²) in [6, 6.07) is 6.31. The van der Waals surface area contributed by atoms with E-state index in [-0.39, 0.29) is 11.6 Å². The minimum atomic E-state index is -0.0440. The molecule has 0 bridgehead atoms. The molecule has 21 heavy (non-hydrogen) atoms. The fraction of sp³-hybridized carbons (Fsp3) is 0.647. The molecule has 4 heteroatoms. The van der Waals surface area contributed by atoms with Crippen LogP contribution in [0.3, 0.4) is 0 Å². The number of nitrogens with two attached hydrogens (primary N) is 1. The number of hydrogen-bond acceptors (Lipinski definition) is 3. The van der Waals surface area contributed by atoms with Crippen LogP contribution in [-0.4, -0.2) is 23.5 Å². The minimum Gasteiger partial charge on any atom is -0.296 e. The summed E-state index contributed by atoms with van der Waals surface area (Å²) in [5.41, 5.74) is 5.23. The lowest BCUT2D eigenvalue weighted by Crippen LogP contribution is -2.54. The van der Waals surface area contributed by atoms with Crippen LogP contribution < -0.4 is 11.3 Å². The van der Waals surface area contributed by atoms with Gasteiger partial charge in [-0.1, -0.05) is 36.6 Å². The highest BCUT2D eigenvalue weighted by molar-refractivity contribution is 6.31. The molecule has 118 valence electrons. The molecule has 1 aromatic rings. The van der Waals surface area contributed by atoms with Gasteiger partial charge in [0.25, 0.3) is 0 Å². The number of halogens is 1. The first-order valence-corrected chi connectivity index (χ1v) is 8.32. The predicted octanol–water partition coefficient (Wildman–Crippen LogP) is 3.81. The Bertz CT molecular complexity index is 465. The number of hydrogen-bond donors (Lipinski definition) is 2. The zero-order chi connectivity index (χ0) is 15.5. The number of nitrogens with one attached hydrogen (secondary N) is 1. The van der Waals surface area contributed by atoms with Crippen molar-refractivity contribution in [1.82, 2.24) is 10.3 Å². The van der Waals surface area contributed by atoms with Gasteiger partial charge in [-0.25, -0.2) is 0 Å². The molecule has 1 unspecified atom stereocenters. The Morgan fingerprint density at radius 1 is 1.19 bits per heavy atom. The maximum atomic E-state index is 6.29. The Balaban J connectivity index is 2.26. The van der Waals surface area contributed by atoms with Gasteiger partial charge in [-0.2, -0.15) is 0 Å². The average Bonchev–Trinajstić information content (AvgIpc) is 2.73. The topological polar surface area (TPSA) is 41.3 Å². The Morgan fingerprint density at radius 2 is 1.81 bits per heavy atom. The Kier molecular flexibility index (Phi) is 5.67. The summed E-state index contributed by atoms with van der Waals surface area (Å²) >= 11 is 6.29. The third kappa shape index (κ3) is 3.78. The van der Waals surface area contributed by atoms with Crippen LogP contribution in [0.15, 0.2) is 18.2 Å². The Labute approximate surface area is 133 Å². The Morgan fingerprint density at radius 3 is 2.33 bits per heavy atom. The van der Waals surface area contributed by atoms with Crippen molar-refractivity contribution in [2.45, 2.75) is 58.0 Å². The fourth-order valence-corrected chi connectivity index (χ4v) is 3.52. The summed E-state index contributed by atoms with van der Waals surface area (Å²) in [7, 11) is 0. The van der Waals surface area contributed by atoms with Gasteiger partial charge < -0.3 is 0 Å². The van der Waals surface area contributed by atoms with Gasteiger partial charge >= 0.3 is 0 Å². The number of rotatable bonds is 4. The van der Waals surface area contributed by atoms with E-state index in [1.807, 2.05) is 13.0 Å². The van der Waals surface area contributed by atoms with Crippen molar-refractivity contribution >= 4 is 11.6 Å². The second-order valence-electron chi connectivity index (χ2n) is 6.66. The van der Waals surface area contributed by atoms with Crippen molar-refractivity contribution < 1.29 is 0 Å². The zero-order valence-corrected chi connectivity index (χ0v) is 14.2. The van der Waals surface area contributed by atoms with Gasteiger partial charge in [0, 0.05) is 10.6 Å². The van der Waals surface area contributed by atoms with Gasteiger partial charge in [0.2, 0.25) is 0 Å². The van der Waals surface area contributed by atoms with Crippen LogP contribution >= 0.6 is 11.6 Å². The third-order valence-corrected chi connectivity index (χ3v) is 5.23. The van der Waals surface area contributed by atoms with Gasteiger partial charge in [0.1, 0.15) is 0 Å². The molecule has 0 amide bonds. The van der Waals surface area contributed by atoms with Gasteiger partial charge in [-0.05, 0) is 63.9 Å². The summed E-state index contributed by atoms with van der Waals surface area (Å²) in [5, 5.41) is 0.805. The second-order valence-corrected chi connectivity index (χ2v) is 7.07. The molecule has 3 N–H and O–H groups in total. The van der Waals surface area contributed by atoms with E-state index in [0.29, 0.717) is 0 Å². The van der Waals surface area contributed by atoms with E-state index < -0.39 is 0 Å². The monoisotopic (exact) mass is 309 g/mol. The molecule has 0 aromatic heterocycles. The van der Waals surface area contributed by atoms with Gasteiger partial charge in [-0.15, -0.1) is 0 Å². The molecule has 1 saturated heterocycles. The van der Waals surface area contributed by atoms with E-state index in [1.165, 1.54) is 25.7 Å². The lowest BCUT2D eigenvalue weighted by molar-refractivity contribution is 0.0834. The molecule has 1 atom stereocenters. The van der Waals surface area contributed by atoms with Crippen LogP contribution in [0.4, 0.5) is 0 Å². The first-order chi connectivity index (χ1) is 9.96. The smallest absolute Gasteiger partial charge is 0.0639 e. The van der Waals surface area contributed by atoms with E-state index in [9.17, 15) is 0 Å². The van der Waals surface area contributed by atoms with E-state index in [0.717, 1.165) is 29.2 Å². The fourth-order valence-electron chi connectivity index (χ4n) is 3.33. The summed E-state index contributed by atoms with van der Waals surface area (Å²) in [6.45, 7) is 8.86. The van der Waals surface area contributed by atoms with Crippen molar-refractivity contribution in [3.63, 3.8) is 0 Å². The molecule has 1 aliphatic heterocycles. The van der Waals surface area contributed by atoms with E-state index in [2.05, 4.69) is 36.3 Å². The van der Waals surface area contributed by atoms with Crippen molar-refractivity contribution in [2.75, 3.05) is 13.1 Å². The van der Waals surface area contributed by atoms with E-state index in [1.54, 1.807) is 0 Å². The molecule has 0 saturated carbocycles. The van der Waals surface area contributed by atoms with Crippen LogP contribution in [0.2, 0.25) is 5.02 Å². The third-order valence-electron chi connectivity index (χ3n) is 4.82. The van der Waals surface area contributed by atoms with Crippen LogP contribution in [0.1, 0.15) is 56.7 Å². The highest BCUT2D eigenvalue weighted by atomic mass is 35.5. The summed E-state index contributed by atoms with van der Waals surface area (Å²) < 4.78 is 0. The summed E-state index contributed by atoms with van der Waals surface area (Å²) in [5.74, 6) is 5.91. The predicted molar refractivity (Wildman–Crippen MR) is 90.4 cm³/mol. The maximum absolute atomic E-state index is 6.29. The van der Waals surface area contributed by atoms with Crippen molar-refractivity contribution in [3.05, 3.63) is 34.3 Å². The number of benzene rings is 1. The number of likely N-dealkylation sites (tertiary alicyclic amines) is 1. The highest BCUT2D eigenvalue weighted by Gasteiger charge is 2.36.